The summed E-state index contributed by atoms with van der Waals surface area (Å²) < 4.78 is 10.3. The number of hydrogen-bond acceptors (Lipinski definition) is 5. The SMILES string of the molecule is Cc1noc(C)c1COC(=O)c1ccc(C(=O)c2ccccc2)cc1. The van der Waals surface area contributed by atoms with Gasteiger partial charge >= 0.3 is 5.97 Å². The second-order valence-corrected chi connectivity index (χ2v) is 5.65. The van der Waals surface area contributed by atoms with Crippen molar-refractivity contribution >= 4 is 11.8 Å². The summed E-state index contributed by atoms with van der Waals surface area (Å²) in [4.78, 5) is 24.5. The zero-order valence-electron chi connectivity index (χ0n) is 14.0. The maximum atomic E-state index is 12.4. The topological polar surface area (TPSA) is 69.4 Å². The monoisotopic (exact) mass is 335 g/mol. The molecule has 1 heterocycles. The number of esters is 1. The summed E-state index contributed by atoms with van der Waals surface area (Å²) in [5.74, 6) is 0.0871. The molecule has 5 nitrogen and oxygen atoms in total. The number of aromatic nitrogens is 1. The third-order valence-electron chi connectivity index (χ3n) is 3.95. The lowest BCUT2D eigenvalue weighted by atomic mass is 10.0. The summed E-state index contributed by atoms with van der Waals surface area (Å²) in [6.45, 7) is 3.67. The van der Waals surface area contributed by atoms with E-state index in [0.29, 0.717) is 28.1 Å². The van der Waals surface area contributed by atoms with Gasteiger partial charge in [0.05, 0.1) is 16.8 Å². The maximum absolute atomic E-state index is 12.4. The Balaban J connectivity index is 1.68. The van der Waals surface area contributed by atoms with E-state index >= 15 is 0 Å². The molecule has 2 aromatic carbocycles. The van der Waals surface area contributed by atoms with E-state index in [1.54, 1.807) is 50.2 Å². The standard InChI is InChI=1S/C20H17NO4/c1-13-18(14(2)25-21-13)12-24-20(23)17-10-8-16(9-11-17)19(22)15-6-4-3-5-7-15/h3-11H,12H2,1-2H3. The molecule has 1 aromatic heterocycles. The highest BCUT2D eigenvalue weighted by atomic mass is 16.5. The van der Waals surface area contributed by atoms with Crippen LogP contribution in [0.4, 0.5) is 0 Å². The van der Waals surface area contributed by atoms with Crippen molar-refractivity contribution < 1.29 is 18.8 Å². The fraction of sp³-hybridized carbons (Fsp3) is 0.150. The van der Waals surface area contributed by atoms with Crippen LogP contribution in [0.1, 0.15) is 43.3 Å². The number of ketones is 1. The van der Waals surface area contributed by atoms with Gasteiger partial charge in [-0.3, -0.25) is 4.79 Å². The van der Waals surface area contributed by atoms with Gasteiger partial charge in [-0.05, 0) is 26.0 Å². The molecule has 0 aliphatic rings. The minimum Gasteiger partial charge on any atom is -0.457 e. The molecule has 0 atom stereocenters. The molecule has 0 N–H and O–H groups in total. The van der Waals surface area contributed by atoms with Gasteiger partial charge in [0, 0.05) is 11.1 Å². The minimum absolute atomic E-state index is 0.0868. The first-order valence-corrected chi connectivity index (χ1v) is 7.85. The van der Waals surface area contributed by atoms with Crippen molar-refractivity contribution in [1.82, 2.24) is 5.16 Å². The Kier molecular flexibility index (Phi) is 4.75. The van der Waals surface area contributed by atoms with Gasteiger partial charge in [0.1, 0.15) is 12.4 Å². The maximum Gasteiger partial charge on any atom is 0.338 e. The van der Waals surface area contributed by atoms with Crippen molar-refractivity contribution in [1.29, 1.82) is 0 Å². The van der Waals surface area contributed by atoms with Crippen LogP contribution in [-0.2, 0) is 11.3 Å². The van der Waals surface area contributed by atoms with E-state index in [2.05, 4.69) is 5.16 Å². The highest BCUT2D eigenvalue weighted by Gasteiger charge is 2.14. The molecule has 0 amide bonds. The first-order chi connectivity index (χ1) is 12.1. The molecular formula is C20H17NO4. The molecule has 0 saturated carbocycles. The molecule has 5 heteroatoms. The zero-order chi connectivity index (χ0) is 17.8. The van der Waals surface area contributed by atoms with Crippen LogP contribution in [0.3, 0.4) is 0 Å². The average Bonchev–Trinajstić information content (AvgIpc) is 2.98. The van der Waals surface area contributed by atoms with Gasteiger partial charge < -0.3 is 9.26 Å². The Morgan fingerprint density at radius 1 is 0.920 bits per heavy atom. The number of aryl methyl sites for hydroxylation is 2. The van der Waals surface area contributed by atoms with Crippen LogP contribution in [0, 0.1) is 13.8 Å². The van der Waals surface area contributed by atoms with Crippen LogP contribution in [0.5, 0.6) is 0 Å². The van der Waals surface area contributed by atoms with Crippen LogP contribution in [0.15, 0.2) is 59.1 Å². The largest absolute Gasteiger partial charge is 0.457 e. The second kappa shape index (κ2) is 7.13. The Labute approximate surface area is 145 Å². The highest BCUT2D eigenvalue weighted by molar-refractivity contribution is 6.09. The molecule has 0 spiro atoms. The fourth-order valence-electron chi connectivity index (χ4n) is 2.44. The predicted octanol–water partition coefficient (Wildman–Crippen LogP) is 3.88. The van der Waals surface area contributed by atoms with Gasteiger partial charge in [0.15, 0.2) is 5.78 Å². The molecule has 0 bridgehead atoms. The van der Waals surface area contributed by atoms with Gasteiger partial charge in [-0.1, -0.05) is 47.6 Å². The average molecular weight is 335 g/mol. The fourth-order valence-corrected chi connectivity index (χ4v) is 2.44. The molecule has 0 aliphatic heterocycles. The lowest BCUT2D eigenvalue weighted by Gasteiger charge is -2.06. The summed E-state index contributed by atoms with van der Waals surface area (Å²) in [6.07, 6.45) is 0. The van der Waals surface area contributed by atoms with E-state index in [-0.39, 0.29) is 12.4 Å². The molecule has 0 fully saturated rings. The summed E-state index contributed by atoms with van der Waals surface area (Å²) in [7, 11) is 0. The van der Waals surface area contributed by atoms with Crippen LogP contribution in [0.2, 0.25) is 0 Å². The second-order valence-electron chi connectivity index (χ2n) is 5.65. The number of nitrogens with zero attached hydrogens (tertiary/aromatic N) is 1. The van der Waals surface area contributed by atoms with E-state index < -0.39 is 5.97 Å². The first-order valence-electron chi connectivity index (χ1n) is 7.85. The molecular weight excluding hydrogens is 318 g/mol. The summed E-state index contributed by atoms with van der Waals surface area (Å²) in [5.41, 5.74) is 2.99. The van der Waals surface area contributed by atoms with Crippen LogP contribution >= 0.6 is 0 Å². The van der Waals surface area contributed by atoms with Crippen molar-refractivity contribution in [3.8, 4) is 0 Å². The molecule has 3 aromatic rings. The van der Waals surface area contributed by atoms with Gasteiger partial charge in [0.25, 0.3) is 0 Å². The quantitative estimate of drug-likeness (QED) is 0.523. The van der Waals surface area contributed by atoms with Crippen molar-refractivity contribution in [2.24, 2.45) is 0 Å². The number of benzene rings is 2. The Bertz CT molecular complexity index is 876. The zero-order valence-corrected chi connectivity index (χ0v) is 14.0. The smallest absolute Gasteiger partial charge is 0.338 e. The summed E-state index contributed by atoms with van der Waals surface area (Å²) in [5, 5.41) is 3.82. The van der Waals surface area contributed by atoms with Crippen LogP contribution in [0.25, 0.3) is 0 Å². The number of carbonyl (C=O) groups is 2. The lowest BCUT2D eigenvalue weighted by Crippen LogP contribution is -2.07. The van der Waals surface area contributed by atoms with Crippen molar-refractivity contribution in [2.45, 2.75) is 20.5 Å². The molecule has 0 saturated heterocycles. The van der Waals surface area contributed by atoms with Crippen molar-refractivity contribution in [3.05, 3.63) is 88.3 Å². The molecule has 25 heavy (non-hydrogen) atoms. The molecule has 3 rings (SSSR count). The predicted molar refractivity (Wildman–Crippen MR) is 91.4 cm³/mol. The lowest BCUT2D eigenvalue weighted by molar-refractivity contribution is 0.0470. The Hall–Kier alpha value is -3.21. The van der Waals surface area contributed by atoms with Crippen molar-refractivity contribution in [3.63, 3.8) is 0 Å². The number of carbonyl (C=O) groups excluding carboxylic acids is 2. The van der Waals surface area contributed by atoms with Crippen LogP contribution in [-0.4, -0.2) is 16.9 Å². The number of rotatable bonds is 5. The Morgan fingerprint density at radius 2 is 1.52 bits per heavy atom. The number of ether oxygens (including phenoxy) is 1. The third-order valence-corrected chi connectivity index (χ3v) is 3.95. The van der Waals surface area contributed by atoms with Crippen LogP contribution < -0.4 is 0 Å². The van der Waals surface area contributed by atoms with Gasteiger partial charge in [-0.15, -0.1) is 0 Å². The van der Waals surface area contributed by atoms with E-state index in [0.717, 1.165) is 5.56 Å². The van der Waals surface area contributed by atoms with Gasteiger partial charge in [0.2, 0.25) is 0 Å². The van der Waals surface area contributed by atoms with Gasteiger partial charge in [-0.25, -0.2) is 4.79 Å². The molecule has 126 valence electrons. The van der Waals surface area contributed by atoms with E-state index in [4.69, 9.17) is 9.26 Å². The van der Waals surface area contributed by atoms with E-state index in [1.165, 1.54) is 0 Å². The van der Waals surface area contributed by atoms with Crippen molar-refractivity contribution in [2.75, 3.05) is 0 Å². The van der Waals surface area contributed by atoms with E-state index in [1.807, 2.05) is 18.2 Å². The molecule has 0 unspecified atom stereocenters. The summed E-state index contributed by atoms with van der Waals surface area (Å²) >= 11 is 0. The third kappa shape index (κ3) is 3.66. The normalized spacial score (nSPS) is 10.5. The van der Waals surface area contributed by atoms with Gasteiger partial charge in [-0.2, -0.15) is 0 Å². The molecule has 0 aliphatic carbocycles. The van der Waals surface area contributed by atoms with E-state index in [9.17, 15) is 9.59 Å². The molecule has 0 radical (unpaired) electrons. The first kappa shape index (κ1) is 16.6. The minimum atomic E-state index is -0.460. The Morgan fingerprint density at radius 3 is 2.12 bits per heavy atom. The summed E-state index contributed by atoms with van der Waals surface area (Å²) in [6, 6.07) is 15.4. The highest BCUT2D eigenvalue weighted by Crippen LogP contribution is 2.15. The number of hydrogen-bond donors (Lipinski definition) is 0.